The predicted molar refractivity (Wildman–Crippen MR) is 76.9 cm³/mol. The number of rotatable bonds is 3. The number of H-pyrrole nitrogens is 1. The van der Waals surface area contributed by atoms with E-state index in [0.717, 1.165) is 17.3 Å². The van der Waals surface area contributed by atoms with Crippen LogP contribution < -0.4 is 5.32 Å². The van der Waals surface area contributed by atoms with E-state index in [0.29, 0.717) is 12.0 Å². The number of aromatic nitrogens is 1. The van der Waals surface area contributed by atoms with Crippen molar-refractivity contribution in [3.8, 4) is 0 Å². The molecule has 1 aliphatic rings. The van der Waals surface area contributed by atoms with Crippen LogP contribution >= 0.6 is 0 Å². The molecule has 1 heterocycles. The Morgan fingerprint density at radius 1 is 1.37 bits per heavy atom. The van der Waals surface area contributed by atoms with E-state index in [4.69, 9.17) is 0 Å². The fourth-order valence-electron chi connectivity index (χ4n) is 3.54. The number of hydrogen-bond acceptors (Lipinski definition) is 1. The van der Waals surface area contributed by atoms with Crippen molar-refractivity contribution in [2.24, 2.45) is 5.92 Å². The molecule has 1 saturated carbocycles. The highest BCUT2D eigenvalue weighted by atomic mass is 19.1. The molecule has 0 saturated heterocycles. The summed E-state index contributed by atoms with van der Waals surface area (Å²) in [6.07, 6.45) is 4.87. The zero-order valence-corrected chi connectivity index (χ0v) is 11.6. The van der Waals surface area contributed by atoms with Gasteiger partial charge in [0.05, 0.1) is 0 Å². The molecule has 0 amide bonds. The number of nitrogens with one attached hydrogen (secondary N) is 2. The van der Waals surface area contributed by atoms with Gasteiger partial charge in [-0.25, -0.2) is 4.39 Å². The van der Waals surface area contributed by atoms with Gasteiger partial charge < -0.3 is 10.3 Å². The summed E-state index contributed by atoms with van der Waals surface area (Å²) < 4.78 is 13.5. The van der Waals surface area contributed by atoms with E-state index in [1.165, 1.54) is 36.6 Å². The molecule has 2 N–H and O–H groups in total. The van der Waals surface area contributed by atoms with E-state index in [1.54, 1.807) is 6.07 Å². The molecule has 1 aromatic heterocycles. The van der Waals surface area contributed by atoms with Crippen molar-refractivity contribution in [1.82, 2.24) is 10.3 Å². The van der Waals surface area contributed by atoms with Crippen molar-refractivity contribution in [3.05, 3.63) is 35.3 Å². The number of benzene rings is 1. The lowest BCUT2D eigenvalue weighted by atomic mass is 9.93. The quantitative estimate of drug-likeness (QED) is 0.868. The standard InChI is InChI=1S/C16H21FN2/c1-10-13(8-11-4-3-5-15(11)18-2)14-9-12(17)6-7-16(14)19-10/h6-7,9,11,15,18-19H,3-5,8H2,1-2H3. The van der Waals surface area contributed by atoms with E-state index in [-0.39, 0.29) is 5.82 Å². The molecule has 0 radical (unpaired) electrons. The lowest BCUT2D eigenvalue weighted by Crippen LogP contribution is -2.30. The van der Waals surface area contributed by atoms with Gasteiger partial charge in [-0.1, -0.05) is 6.42 Å². The molecular formula is C16H21FN2. The molecule has 19 heavy (non-hydrogen) atoms. The summed E-state index contributed by atoms with van der Waals surface area (Å²) >= 11 is 0. The van der Waals surface area contributed by atoms with Crippen LogP contribution in [-0.4, -0.2) is 18.1 Å². The smallest absolute Gasteiger partial charge is 0.123 e. The minimum Gasteiger partial charge on any atom is -0.358 e. The average Bonchev–Trinajstić information content (AvgIpc) is 2.96. The molecule has 2 unspecified atom stereocenters. The third kappa shape index (κ3) is 2.27. The van der Waals surface area contributed by atoms with E-state index >= 15 is 0 Å². The first-order valence-corrected chi connectivity index (χ1v) is 7.13. The first-order chi connectivity index (χ1) is 9.19. The van der Waals surface area contributed by atoms with Crippen molar-refractivity contribution in [2.75, 3.05) is 7.05 Å². The van der Waals surface area contributed by atoms with Gasteiger partial charge in [-0.05, 0) is 62.9 Å². The molecule has 1 fully saturated rings. The Bertz CT molecular complexity index is 588. The first-order valence-electron chi connectivity index (χ1n) is 7.13. The summed E-state index contributed by atoms with van der Waals surface area (Å²) in [4.78, 5) is 3.37. The lowest BCUT2D eigenvalue weighted by Gasteiger charge is -2.19. The van der Waals surface area contributed by atoms with Crippen LogP contribution in [0.4, 0.5) is 4.39 Å². The van der Waals surface area contributed by atoms with Crippen LogP contribution in [0.15, 0.2) is 18.2 Å². The molecule has 2 nitrogen and oxygen atoms in total. The maximum absolute atomic E-state index is 13.5. The fraction of sp³-hybridized carbons (Fsp3) is 0.500. The number of halogens is 1. The average molecular weight is 260 g/mol. The van der Waals surface area contributed by atoms with Gasteiger partial charge in [0, 0.05) is 22.6 Å². The third-order valence-corrected chi connectivity index (χ3v) is 4.58. The van der Waals surface area contributed by atoms with E-state index in [1.807, 2.05) is 13.1 Å². The van der Waals surface area contributed by atoms with E-state index in [2.05, 4.69) is 17.2 Å². The van der Waals surface area contributed by atoms with Crippen molar-refractivity contribution in [3.63, 3.8) is 0 Å². The molecule has 1 aromatic carbocycles. The maximum Gasteiger partial charge on any atom is 0.123 e. The van der Waals surface area contributed by atoms with Crippen LogP contribution in [0.2, 0.25) is 0 Å². The molecule has 3 heteroatoms. The highest BCUT2D eigenvalue weighted by Crippen LogP contribution is 2.32. The number of aromatic amines is 1. The largest absolute Gasteiger partial charge is 0.358 e. The molecule has 0 spiro atoms. The van der Waals surface area contributed by atoms with Gasteiger partial charge in [0.15, 0.2) is 0 Å². The summed E-state index contributed by atoms with van der Waals surface area (Å²) in [5.41, 5.74) is 3.52. The Hall–Kier alpha value is -1.35. The van der Waals surface area contributed by atoms with Gasteiger partial charge in [-0.2, -0.15) is 0 Å². The zero-order valence-electron chi connectivity index (χ0n) is 11.6. The van der Waals surface area contributed by atoms with Crippen LogP contribution in [0.3, 0.4) is 0 Å². The maximum atomic E-state index is 13.5. The lowest BCUT2D eigenvalue weighted by molar-refractivity contribution is 0.424. The minimum atomic E-state index is -0.149. The van der Waals surface area contributed by atoms with Crippen LogP contribution in [0, 0.1) is 18.7 Å². The minimum absolute atomic E-state index is 0.149. The predicted octanol–water partition coefficient (Wildman–Crippen LogP) is 3.55. The van der Waals surface area contributed by atoms with Crippen LogP contribution in [-0.2, 0) is 6.42 Å². The van der Waals surface area contributed by atoms with Gasteiger partial charge in [0.2, 0.25) is 0 Å². The van der Waals surface area contributed by atoms with Gasteiger partial charge in [0.1, 0.15) is 5.82 Å². The second kappa shape index (κ2) is 4.97. The third-order valence-electron chi connectivity index (χ3n) is 4.58. The molecule has 3 rings (SSSR count). The van der Waals surface area contributed by atoms with Gasteiger partial charge in [-0.3, -0.25) is 0 Å². The van der Waals surface area contributed by atoms with E-state index in [9.17, 15) is 4.39 Å². The molecule has 2 aromatic rings. The first kappa shape index (κ1) is 12.7. The number of fused-ring (bicyclic) bond motifs is 1. The highest BCUT2D eigenvalue weighted by molar-refractivity contribution is 5.84. The Morgan fingerprint density at radius 3 is 3.00 bits per heavy atom. The summed E-state index contributed by atoms with van der Waals surface area (Å²) in [6.45, 7) is 2.09. The van der Waals surface area contributed by atoms with Crippen molar-refractivity contribution < 1.29 is 4.39 Å². The Kier molecular flexibility index (Phi) is 3.31. The summed E-state index contributed by atoms with van der Waals surface area (Å²) in [5, 5.41) is 4.48. The van der Waals surface area contributed by atoms with Crippen LogP contribution in [0.1, 0.15) is 30.5 Å². The second-order valence-electron chi connectivity index (χ2n) is 5.71. The molecule has 102 valence electrons. The number of aryl methyl sites for hydroxylation is 1. The van der Waals surface area contributed by atoms with Gasteiger partial charge in [0.25, 0.3) is 0 Å². The molecular weight excluding hydrogens is 239 g/mol. The SMILES string of the molecule is CNC1CCCC1Cc1c(C)[nH]c2ccc(F)cc12. The Balaban J connectivity index is 1.95. The van der Waals surface area contributed by atoms with Crippen LogP contribution in [0.5, 0.6) is 0 Å². The normalized spacial score (nSPS) is 23.3. The van der Waals surface area contributed by atoms with Gasteiger partial charge in [-0.15, -0.1) is 0 Å². The van der Waals surface area contributed by atoms with E-state index < -0.39 is 0 Å². The van der Waals surface area contributed by atoms with Crippen LogP contribution in [0.25, 0.3) is 10.9 Å². The molecule has 2 atom stereocenters. The van der Waals surface area contributed by atoms with Crippen molar-refractivity contribution >= 4 is 10.9 Å². The highest BCUT2D eigenvalue weighted by Gasteiger charge is 2.27. The molecule has 1 aliphatic carbocycles. The summed E-state index contributed by atoms with van der Waals surface area (Å²) in [6, 6.07) is 5.63. The Morgan fingerprint density at radius 2 is 2.21 bits per heavy atom. The topological polar surface area (TPSA) is 27.8 Å². The van der Waals surface area contributed by atoms with Gasteiger partial charge >= 0.3 is 0 Å². The fourth-order valence-corrected chi connectivity index (χ4v) is 3.54. The number of hydrogen-bond donors (Lipinski definition) is 2. The summed E-state index contributed by atoms with van der Waals surface area (Å²) in [5.74, 6) is 0.523. The van der Waals surface area contributed by atoms with Crippen molar-refractivity contribution in [1.29, 1.82) is 0 Å². The molecule has 0 aliphatic heterocycles. The summed E-state index contributed by atoms with van der Waals surface area (Å²) in [7, 11) is 2.05. The molecule has 0 bridgehead atoms. The monoisotopic (exact) mass is 260 g/mol. The second-order valence-corrected chi connectivity index (χ2v) is 5.71. The van der Waals surface area contributed by atoms with Crippen molar-refractivity contribution in [2.45, 2.75) is 38.6 Å². The Labute approximate surface area is 113 Å². The zero-order chi connectivity index (χ0) is 13.4.